The van der Waals surface area contributed by atoms with Gasteiger partial charge in [0.05, 0.1) is 17.8 Å². The number of anilines is 1. The number of piperazine rings is 1. The van der Waals surface area contributed by atoms with Crippen LogP contribution in [0.25, 0.3) is 0 Å². The number of methoxy groups -OCH3 is 1. The van der Waals surface area contributed by atoms with Crippen LogP contribution in [0.4, 0.5) is 5.13 Å². The Morgan fingerprint density at radius 2 is 1.84 bits per heavy atom. The van der Waals surface area contributed by atoms with Crippen molar-refractivity contribution < 1.29 is 13.2 Å². The second kappa shape index (κ2) is 9.34. The molecule has 2 heterocycles. The molecule has 4 rings (SSSR count). The summed E-state index contributed by atoms with van der Waals surface area (Å²) < 4.78 is 32.9. The second-order valence-electron chi connectivity index (χ2n) is 7.08. The maximum atomic E-state index is 13.0. The van der Waals surface area contributed by atoms with E-state index in [0.717, 1.165) is 22.1 Å². The third kappa shape index (κ3) is 4.83. The predicted octanol–water partition coefficient (Wildman–Crippen LogP) is 4.56. The number of nitrogens with zero attached hydrogens (tertiary/aromatic N) is 3. The summed E-state index contributed by atoms with van der Waals surface area (Å²) in [7, 11) is -2.01. The lowest BCUT2D eigenvalue weighted by atomic mass is 10.1. The fourth-order valence-electron chi connectivity index (χ4n) is 3.51. The zero-order valence-corrected chi connectivity index (χ0v) is 19.9. The van der Waals surface area contributed by atoms with Crippen LogP contribution in [0.3, 0.4) is 0 Å². The minimum atomic E-state index is -3.67. The molecule has 0 radical (unpaired) electrons. The molecule has 2 aromatic carbocycles. The van der Waals surface area contributed by atoms with E-state index in [-0.39, 0.29) is 9.92 Å². The summed E-state index contributed by atoms with van der Waals surface area (Å²) >= 11 is 13.6. The van der Waals surface area contributed by atoms with Crippen molar-refractivity contribution in [2.75, 3.05) is 38.2 Å². The number of sulfonamides is 1. The fraction of sp³-hybridized carbons (Fsp3) is 0.286. The van der Waals surface area contributed by atoms with Gasteiger partial charge in [0.2, 0.25) is 10.0 Å². The van der Waals surface area contributed by atoms with Gasteiger partial charge in [-0.15, -0.1) is 11.3 Å². The molecule has 0 unspecified atom stereocenters. The first-order chi connectivity index (χ1) is 14.9. The Bertz CT molecular complexity index is 1180. The summed E-state index contributed by atoms with van der Waals surface area (Å²) in [6, 6.07) is 12.3. The van der Waals surface area contributed by atoms with Gasteiger partial charge in [0.25, 0.3) is 0 Å². The predicted molar refractivity (Wildman–Crippen MR) is 125 cm³/mol. The summed E-state index contributed by atoms with van der Waals surface area (Å²) in [4.78, 5) is 6.96. The van der Waals surface area contributed by atoms with E-state index in [0.29, 0.717) is 37.6 Å². The number of thiazole rings is 1. The molecule has 0 spiro atoms. The second-order valence-corrected chi connectivity index (χ2v) is 10.7. The van der Waals surface area contributed by atoms with Gasteiger partial charge in [-0.2, -0.15) is 4.31 Å². The SMILES string of the molecule is COc1ccccc1Cc1csc(N2CCN(S(=O)(=O)c3ccc(Cl)cc3Cl)CC2)n1. The largest absolute Gasteiger partial charge is 0.496 e. The average molecular weight is 498 g/mol. The highest BCUT2D eigenvalue weighted by atomic mass is 35.5. The molecule has 1 aromatic heterocycles. The van der Waals surface area contributed by atoms with Crippen LogP contribution in [0.1, 0.15) is 11.3 Å². The van der Waals surface area contributed by atoms with E-state index in [9.17, 15) is 8.42 Å². The van der Waals surface area contributed by atoms with Gasteiger partial charge >= 0.3 is 0 Å². The third-order valence-electron chi connectivity index (χ3n) is 5.12. The first-order valence-corrected chi connectivity index (χ1v) is 12.7. The van der Waals surface area contributed by atoms with Crippen molar-refractivity contribution in [3.63, 3.8) is 0 Å². The maximum Gasteiger partial charge on any atom is 0.244 e. The lowest BCUT2D eigenvalue weighted by Crippen LogP contribution is -2.48. The molecule has 0 aliphatic carbocycles. The quantitative estimate of drug-likeness (QED) is 0.499. The van der Waals surface area contributed by atoms with Crippen LogP contribution in [-0.2, 0) is 16.4 Å². The van der Waals surface area contributed by atoms with Crippen LogP contribution < -0.4 is 9.64 Å². The normalized spacial score (nSPS) is 15.3. The van der Waals surface area contributed by atoms with Crippen molar-refractivity contribution in [2.24, 2.45) is 0 Å². The molecule has 0 N–H and O–H groups in total. The molecule has 0 atom stereocenters. The van der Waals surface area contributed by atoms with Crippen molar-refractivity contribution in [1.29, 1.82) is 0 Å². The smallest absolute Gasteiger partial charge is 0.244 e. The molecular weight excluding hydrogens is 477 g/mol. The highest BCUT2D eigenvalue weighted by Crippen LogP contribution is 2.30. The number of hydrogen-bond donors (Lipinski definition) is 0. The van der Waals surface area contributed by atoms with Crippen LogP contribution in [0, 0.1) is 0 Å². The van der Waals surface area contributed by atoms with E-state index in [1.54, 1.807) is 18.4 Å². The van der Waals surface area contributed by atoms with Crippen molar-refractivity contribution in [3.05, 3.63) is 69.1 Å². The van der Waals surface area contributed by atoms with Crippen LogP contribution >= 0.6 is 34.5 Å². The number of aromatic nitrogens is 1. The minimum Gasteiger partial charge on any atom is -0.496 e. The Morgan fingerprint density at radius 3 is 2.55 bits per heavy atom. The Hall–Kier alpha value is -1.84. The topological polar surface area (TPSA) is 62.7 Å². The Morgan fingerprint density at radius 1 is 1.10 bits per heavy atom. The molecule has 1 aliphatic heterocycles. The van der Waals surface area contributed by atoms with Crippen LogP contribution in [0.5, 0.6) is 5.75 Å². The lowest BCUT2D eigenvalue weighted by molar-refractivity contribution is 0.384. The zero-order chi connectivity index (χ0) is 22.0. The fourth-order valence-corrected chi connectivity index (χ4v) is 6.56. The molecular formula is C21H21Cl2N3O3S2. The maximum absolute atomic E-state index is 13.0. The highest BCUT2D eigenvalue weighted by Gasteiger charge is 2.31. The van der Waals surface area contributed by atoms with Crippen LogP contribution in [0.15, 0.2) is 52.7 Å². The van der Waals surface area contributed by atoms with E-state index in [2.05, 4.69) is 4.90 Å². The molecule has 31 heavy (non-hydrogen) atoms. The Balaban J connectivity index is 1.42. The number of benzene rings is 2. The van der Waals surface area contributed by atoms with Gasteiger partial charge in [-0.1, -0.05) is 41.4 Å². The van der Waals surface area contributed by atoms with Gasteiger partial charge < -0.3 is 9.64 Å². The molecule has 0 amide bonds. The highest BCUT2D eigenvalue weighted by molar-refractivity contribution is 7.89. The van der Waals surface area contributed by atoms with Crippen molar-refractivity contribution in [2.45, 2.75) is 11.3 Å². The summed E-state index contributed by atoms with van der Waals surface area (Å²) in [5.41, 5.74) is 2.05. The number of hydrogen-bond acceptors (Lipinski definition) is 6. The lowest BCUT2D eigenvalue weighted by Gasteiger charge is -2.33. The van der Waals surface area contributed by atoms with Gasteiger partial charge in [0, 0.05) is 48.6 Å². The molecule has 1 aliphatic rings. The first kappa shape index (κ1) is 22.4. The molecule has 3 aromatic rings. The minimum absolute atomic E-state index is 0.0837. The van der Waals surface area contributed by atoms with Gasteiger partial charge in [-0.25, -0.2) is 13.4 Å². The number of rotatable bonds is 6. The van der Waals surface area contributed by atoms with Crippen LogP contribution in [0.2, 0.25) is 10.0 Å². The molecule has 164 valence electrons. The van der Waals surface area contributed by atoms with E-state index in [1.165, 1.54) is 22.5 Å². The first-order valence-electron chi connectivity index (χ1n) is 9.65. The van der Waals surface area contributed by atoms with E-state index in [1.807, 2.05) is 29.6 Å². The molecule has 10 heteroatoms. The summed E-state index contributed by atoms with van der Waals surface area (Å²) in [6.45, 7) is 1.85. The van der Waals surface area contributed by atoms with E-state index < -0.39 is 10.0 Å². The Labute approximate surface area is 196 Å². The number of halogens is 2. The summed E-state index contributed by atoms with van der Waals surface area (Å²) in [5, 5.41) is 3.47. The standard InChI is InChI=1S/C21H21Cl2N3O3S2/c1-29-19-5-3-2-4-15(19)12-17-14-30-21(24-17)25-8-10-26(11-9-25)31(27,28)20-7-6-16(22)13-18(20)23/h2-7,13-14H,8-12H2,1H3. The molecule has 0 saturated carbocycles. The number of ether oxygens (including phenoxy) is 1. The van der Waals surface area contributed by atoms with Crippen molar-refractivity contribution in [1.82, 2.24) is 9.29 Å². The number of para-hydroxylation sites is 1. The van der Waals surface area contributed by atoms with Gasteiger partial charge in [-0.05, 0) is 24.3 Å². The Kier molecular flexibility index (Phi) is 6.74. The van der Waals surface area contributed by atoms with Crippen LogP contribution in [-0.4, -0.2) is 51.0 Å². The molecule has 0 bridgehead atoms. The monoisotopic (exact) mass is 497 g/mol. The van der Waals surface area contributed by atoms with E-state index in [4.69, 9.17) is 32.9 Å². The molecule has 6 nitrogen and oxygen atoms in total. The van der Waals surface area contributed by atoms with Crippen molar-refractivity contribution in [3.8, 4) is 5.75 Å². The summed E-state index contributed by atoms with van der Waals surface area (Å²) in [5.74, 6) is 0.844. The van der Waals surface area contributed by atoms with Gasteiger partial charge in [-0.3, -0.25) is 0 Å². The molecule has 1 fully saturated rings. The van der Waals surface area contributed by atoms with Crippen molar-refractivity contribution >= 4 is 49.7 Å². The third-order valence-corrected chi connectivity index (χ3v) is 8.69. The van der Waals surface area contributed by atoms with Gasteiger partial charge in [0.15, 0.2) is 5.13 Å². The van der Waals surface area contributed by atoms with Gasteiger partial charge in [0.1, 0.15) is 10.6 Å². The zero-order valence-electron chi connectivity index (χ0n) is 16.8. The average Bonchev–Trinajstić information content (AvgIpc) is 3.22. The van der Waals surface area contributed by atoms with E-state index >= 15 is 0 Å². The molecule has 1 saturated heterocycles. The summed E-state index contributed by atoms with van der Waals surface area (Å²) in [6.07, 6.45) is 0.684.